The Bertz CT molecular complexity index is 458. The summed E-state index contributed by atoms with van der Waals surface area (Å²) in [5.41, 5.74) is 7.24. The first-order valence-corrected chi connectivity index (χ1v) is 12.1. The third kappa shape index (κ3) is 2.33. The van der Waals surface area contributed by atoms with Gasteiger partial charge in [0.25, 0.3) is 0 Å². The first-order valence-electron chi connectivity index (χ1n) is 7.98. The van der Waals surface area contributed by atoms with Gasteiger partial charge >= 0.3 is 128 Å². The summed E-state index contributed by atoms with van der Waals surface area (Å²) in [6.07, 6.45) is 21.5. The Morgan fingerprint density at radius 2 is 1.16 bits per heavy atom. The van der Waals surface area contributed by atoms with E-state index in [2.05, 4.69) is 24.3 Å². The zero-order valence-electron chi connectivity index (χ0n) is 11.6. The van der Waals surface area contributed by atoms with E-state index in [1.165, 1.54) is 51.4 Å². The average Bonchev–Trinajstić information content (AvgIpc) is 3.05. The molecule has 0 bridgehead atoms. The Balaban J connectivity index is 1.51. The molecule has 2 unspecified atom stereocenters. The van der Waals surface area contributed by atoms with Crippen molar-refractivity contribution in [2.45, 2.75) is 58.7 Å². The SMILES string of the molecule is C1=C[CH]([Hf+2][CH]2C=CC3=C2CCCC3)C2=C1CCCC2. The summed E-state index contributed by atoms with van der Waals surface area (Å²) < 4.78 is 1.91. The minimum atomic E-state index is -0.620. The Hall–Kier alpha value is -0.170. The zero-order chi connectivity index (χ0) is 12.7. The van der Waals surface area contributed by atoms with Gasteiger partial charge < -0.3 is 0 Å². The molecule has 0 aromatic heterocycles. The fourth-order valence-electron chi connectivity index (χ4n) is 4.16. The van der Waals surface area contributed by atoms with Crippen molar-refractivity contribution in [2.75, 3.05) is 0 Å². The average molecular weight is 417 g/mol. The number of hydrogen-bond donors (Lipinski definition) is 0. The van der Waals surface area contributed by atoms with E-state index < -0.39 is 22.9 Å². The summed E-state index contributed by atoms with van der Waals surface area (Å²) in [4.78, 5) is 0. The fraction of sp³-hybridized carbons (Fsp3) is 0.556. The van der Waals surface area contributed by atoms with Gasteiger partial charge in [-0.2, -0.15) is 0 Å². The van der Waals surface area contributed by atoms with Gasteiger partial charge in [0, 0.05) is 0 Å². The van der Waals surface area contributed by atoms with Gasteiger partial charge in [-0.3, -0.25) is 0 Å². The van der Waals surface area contributed by atoms with Crippen LogP contribution < -0.4 is 0 Å². The molecule has 0 saturated carbocycles. The molecule has 0 aromatic carbocycles. The van der Waals surface area contributed by atoms with Crippen molar-refractivity contribution in [1.29, 1.82) is 0 Å². The van der Waals surface area contributed by atoms with E-state index in [0.717, 1.165) is 7.35 Å². The van der Waals surface area contributed by atoms with Gasteiger partial charge in [-0.25, -0.2) is 0 Å². The summed E-state index contributed by atoms with van der Waals surface area (Å²) in [5.74, 6) is 0. The van der Waals surface area contributed by atoms with Crippen molar-refractivity contribution in [3.05, 3.63) is 46.6 Å². The van der Waals surface area contributed by atoms with E-state index in [-0.39, 0.29) is 0 Å². The summed E-state index contributed by atoms with van der Waals surface area (Å²) in [6.45, 7) is 0. The second kappa shape index (κ2) is 5.31. The first kappa shape index (κ1) is 12.6. The summed E-state index contributed by atoms with van der Waals surface area (Å²) >= 11 is -0.620. The van der Waals surface area contributed by atoms with Crippen molar-refractivity contribution in [3.8, 4) is 0 Å². The molecular weight excluding hydrogens is 395 g/mol. The van der Waals surface area contributed by atoms with Crippen molar-refractivity contribution >= 4 is 0 Å². The third-order valence-electron chi connectivity index (χ3n) is 5.20. The zero-order valence-corrected chi connectivity index (χ0v) is 15.2. The maximum atomic E-state index is 2.59. The predicted molar refractivity (Wildman–Crippen MR) is 76.8 cm³/mol. The van der Waals surface area contributed by atoms with E-state index in [9.17, 15) is 0 Å². The molecule has 4 aliphatic rings. The van der Waals surface area contributed by atoms with Crippen LogP contribution >= 0.6 is 0 Å². The van der Waals surface area contributed by atoms with Crippen LogP contribution in [0.1, 0.15) is 51.4 Å². The van der Waals surface area contributed by atoms with Crippen LogP contribution in [0.25, 0.3) is 0 Å². The van der Waals surface area contributed by atoms with Crippen LogP contribution in [-0.4, -0.2) is 0 Å². The molecular formula is C18H22Hf+2. The van der Waals surface area contributed by atoms with Crippen LogP contribution in [-0.2, 0) is 22.9 Å². The van der Waals surface area contributed by atoms with E-state index in [4.69, 9.17) is 0 Å². The molecule has 0 aromatic rings. The van der Waals surface area contributed by atoms with Crippen molar-refractivity contribution < 1.29 is 22.9 Å². The quantitative estimate of drug-likeness (QED) is 0.519. The molecule has 0 saturated heterocycles. The van der Waals surface area contributed by atoms with Crippen molar-refractivity contribution in [1.82, 2.24) is 0 Å². The predicted octanol–water partition coefficient (Wildman–Crippen LogP) is 5.53. The van der Waals surface area contributed by atoms with Gasteiger partial charge in [0.15, 0.2) is 0 Å². The number of allylic oxidation sites excluding steroid dienone is 8. The van der Waals surface area contributed by atoms with Gasteiger partial charge in [-0.05, 0) is 0 Å². The molecule has 0 N–H and O–H groups in total. The normalized spacial score (nSPS) is 32.6. The first-order chi connectivity index (χ1) is 9.42. The van der Waals surface area contributed by atoms with E-state index >= 15 is 0 Å². The van der Waals surface area contributed by atoms with Gasteiger partial charge in [0.05, 0.1) is 0 Å². The van der Waals surface area contributed by atoms with Crippen LogP contribution in [0.4, 0.5) is 0 Å². The molecule has 19 heavy (non-hydrogen) atoms. The van der Waals surface area contributed by atoms with Crippen molar-refractivity contribution in [3.63, 3.8) is 0 Å². The van der Waals surface area contributed by atoms with Crippen LogP contribution in [0.2, 0.25) is 7.35 Å². The molecule has 4 aliphatic carbocycles. The molecule has 2 atom stereocenters. The second-order valence-corrected chi connectivity index (χ2v) is 12.0. The Kier molecular flexibility index (Phi) is 3.51. The standard InChI is InChI=1S/2C9H11.Hf/c2*1-2-5-9-7-3-6-8(9)4-1;/h2*3,6-7H,1-2,4-5H2;/q;;+2. The topological polar surface area (TPSA) is 0 Å². The fourth-order valence-corrected chi connectivity index (χ4v) is 10.9. The van der Waals surface area contributed by atoms with Crippen molar-refractivity contribution in [2.24, 2.45) is 0 Å². The third-order valence-corrected chi connectivity index (χ3v) is 11.7. The Morgan fingerprint density at radius 3 is 1.68 bits per heavy atom. The number of hydrogen-bond acceptors (Lipinski definition) is 0. The van der Waals surface area contributed by atoms with Gasteiger partial charge in [-0.1, -0.05) is 0 Å². The molecule has 0 aliphatic heterocycles. The molecule has 0 radical (unpaired) electrons. The van der Waals surface area contributed by atoms with E-state index in [1.54, 1.807) is 11.1 Å². The Morgan fingerprint density at radius 1 is 0.684 bits per heavy atom. The molecule has 0 heterocycles. The molecule has 0 amide bonds. The number of rotatable bonds is 2. The van der Waals surface area contributed by atoms with Crippen LogP contribution in [0, 0.1) is 0 Å². The van der Waals surface area contributed by atoms with Crippen LogP contribution in [0.5, 0.6) is 0 Å². The molecule has 0 spiro atoms. The molecule has 4 rings (SSSR count). The van der Waals surface area contributed by atoms with Gasteiger partial charge in [0.2, 0.25) is 0 Å². The van der Waals surface area contributed by atoms with Crippen LogP contribution in [0.3, 0.4) is 0 Å². The molecule has 1 heteroatoms. The summed E-state index contributed by atoms with van der Waals surface area (Å²) in [6, 6.07) is 0. The molecule has 0 nitrogen and oxygen atoms in total. The Labute approximate surface area is 128 Å². The van der Waals surface area contributed by atoms with Gasteiger partial charge in [-0.15, -0.1) is 0 Å². The van der Waals surface area contributed by atoms with E-state index in [1.807, 2.05) is 11.1 Å². The van der Waals surface area contributed by atoms with Gasteiger partial charge in [0.1, 0.15) is 0 Å². The second-order valence-electron chi connectivity index (χ2n) is 6.36. The summed E-state index contributed by atoms with van der Waals surface area (Å²) in [5, 5.41) is 0. The summed E-state index contributed by atoms with van der Waals surface area (Å²) in [7, 11) is 0. The monoisotopic (exact) mass is 418 g/mol. The maximum absolute atomic E-state index is 2.59. The molecule has 96 valence electrons. The minimum absolute atomic E-state index is 0.620. The molecule has 0 fully saturated rings. The van der Waals surface area contributed by atoms with E-state index in [0.29, 0.717) is 0 Å². The van der Waals surface area contributed by atoms with Crippen LogP contribution in [0.15, 0.2) is 46.6 Å².